The maximum Gasteiger partial charge on any atom is 0.119 e. The van der Waals surface area contributed by atoms with Crippen LogP contribution in [-0.4, -0.2) is 29.8 Å². The van der Waals surface area contributed by atoms with Gasteiger partial charge in [0.2, 0.25) is 0 Å². The zero-order valence-corrected chi connectivity index (χ0v) is 13.8. The van der Waals surface area contributed by atoms with Crippen LogP contribution in [0.2, 0.25) is 0 Å². The molecule has 0 aliphatic heterocycles. The van der Waals surface area contributed by atoms with Gasteiger partial charge in [0.25, 0.3) is 0 Å². The van der Waals surface area contributed by atoms with Crippen molar-refractivity contribution < 1.29 is 9.84 Å². The van der Waals surface area contributed by atoms with Crippen LogP contribution in [0.1, 0.15) is 12.0 Å². The molecule has 0 amide bonds. The molecule has 0 spiro atoms. The van der Waals surface area contributed by atoms with Gasteiger partial charge in [0.15, 0.2) is 0 Å². The van der Waals surface area contributed by atoms with Gasteiger partial charge in [-0.2, -0.15) is 0 Å². The summed E-state index contributed by atoms with van der Waals surface area (Å²) in [6.45, 7) is -0.00210. The highest BCUT2D eigenvalue weighted by atomic mass is 16.5. The number of methoxy groups -OCH3 is 1. The summed E-state index contributed by atoms with van der Waals surface area (Å²) in [4.78, 5) is 4.79. The summed E-state index contributed by atoms with van der Waals surface area (Å²) < 4.78 is 5.35. The van der Waals surface area contributed by atoms with Gasteiger partial charge >= 0.3 is 0 Å². The van der Waals surface area contributed by atoms with Crippen LogP contribution >= 0.6 is 0 Å². The second-order valence-corrected chi connectivity index (χ2v) is 5.90. The fourth-order valence-electron chi connectivity index (χ4n) is 2.80. The van der Waals surface area contributed by atoms with E-state index < -0.39 is 0 Å². The zero-order valence-electron chi connectivity index (χ0n) is 13.8. The van der Waals surface area contributed by atoms with Crippen LogP contribution in [0.25, 0.3) is 22.2 Å². The quantitative estimate of drug-likeness (QED) is 0.731. The molecule has 0 saturated heterocycles. The van der Waals surface area contributed by atoms with Gasteiger partial charge < -0.3 is 15.6 Å². The third-order valence-electron chi connectivity index (χ3n) is 4.19. The second kappa shape index (κ2) is 7.43. The monoisotopic (exact) mass is 322 g/mol. The Balaban J connectivity index is 2.09. The predicted molar refractivity (Wildman–Crippen MR) is 97.1 cm³/mol. The van der Waals surface area contributed by atoms with Crippen molar-refractivity contribution in [1.29, 1.82) is 0 Å². The van der Waals surface area contributed by atoms with Gasteiger partial charge in [-0.05, 0) is 42.7 Å². The molecule has 3 aromatic rings. The third-order valence-corrected chi connectivity index (χ3v) is 4.19. The Morgan fingerprint density at radius 3 is 2.62 bits per heavy atom. The maximum absolute atomic E-state index is 9.18. The molecule has 1 unspecified atom stereocenters. The molecule has 3 N–H and O–H groups in total. The molecule has 0 aliphatic rings. The number of hydrogen-bond acceptors (Lipinski definition) is 4. The average molecular weight is 322 g/mol. The van der Waals surface area contributed by atoms with Crippen molar-refractivity contribution in [2.75, 3.05) is 13.7 Å². The van der Waals surface area contributed by atoms with Crippen molar-refractivity contribution in [3.63, 3.8) is 0 Å². The van der Waals surface area contributed by atoms with Crippen LogP contribution in [0.3, 0.4) is 0 Å². The fraction of sp³-hybridized carbons (Fsp3) is 0.250. The molecule has 1 heterocycles. The molecule has 4 heteroatoms. The lowest BCUT2D eigenvalue weighted by molar-refractivity contribution is 0.260. The summed E-state index contributed by atoms with van der Waals surface area (Å²) in [5.74, 6) is 0.810. The molecular weight excluding hydrogens is 300 g/mol. The van der Waals surface area contributed by atoms with Gasteiger partial charge in [-0.1, -0.05) is 30.3 Å². The Morgan fingerprint density at radius 2 is 1.92 bits per heavy atom. The molecule has 4 nitrogen and oxygen atoms in total. The minimum atomic E-state index is -0.209. The van der Waals surface area contributed by atoms with E-state index in [9.17, 15) is 5.11 Å². The number of nitrogens with zero attached hydrogens (tertiary/aromatic N) is 1. The minimum Gasteiger partial charge on any atom is -0.497 e. The number of pyridine rings is 1. The molecule has 3 rings (SSSR count). The molecule has 0 aliphatic carbocycles. The first-order chi connectivity index (χ1) is 11.7. The first-order valence-electron chi connectivity index (χ1n) is 8.11. The number of aliphatic hydroxyl groups excluding tert-OH is 1. The van der Waals surface area contributed by atoms with E-state index in [4.69, 9.17) is 15.5 Å². The molecule has 24 heavy (non-hydrogen) atoms. The number of aliphatic hydroxyl groups is 1. The lowest BCUT2D eigenvalue weighted by Gasteiger charge is -2.13. The van der Waals surface area contributed by atoms with Gasteiger partial charge in [0.05, 0.1) is 24.9 Å². The van der Waals surface area contributed by atoms with Gasteiger partial charge in [-0.15, -0.1) is 0 Å². The van der Waals surface area contributed by atoms with E-state index in [-0.39, 0.29) is 12.6 Å². The predicted octanol–water partition coefficient (Wildman–Crippen LogP) is 3.16. The molecular formula is C20H22N2O2. The Hall–Kier alpha value is -2.43. The summed E-state index contributed by atoms with van der Waals surface area (Å²) in [5.41, 5.74) is 10.0. The Labute approximate surface area is 141 Å². The van der Waals surface area contributed by atoms with Crippen molar-refractivity contribution in [1.82, 2.24) is 4.98 Å². The largest absolute Gasteiger partial charge is 0.497 e. The van der Waals surface area contributed by atoms with E-state index in [0.717, 1.165) is 40.8 Å². The second-order valence-electron chi connectivity index (χ2n) is 5.90. The van der Waals surface area contributed by atoms with E-state index in [0.29, 0.717) is 0 Å². The van der Waals surface area contributed by atoms with Gasteiger partial charge in [-0.25, -0.2) is 4.98 Å². The minimum absolute atomic E-state index is 0.00210. The van der Waals surface area contributed by atoms with Crippen molar-refractivity contribution in [3.8, 4) is 17.0 Å². The van der Waals surface area contributed by atoms with Crippen LogP contribution in [0, 0.1) is 0 Å². The molecule has 1 atom stereocenters. The van der Waals surface area contributed by atoms with Crippen LogP contribution in [0.5, 0.6) is 5.75 Å². The number of benzene rings is 2. The number of rotatable bonds is 6. The molecule has 0 saturated carbocycles. The van der Waals surface area contributed by atoms with E-state index in [2.05, 4.69) is 18.2 Å². The summed E-state index contributed by atoms with van der Waals surface area (Å²) in [5, 5.41) is 10.3. The lowest BCUT2D eigenvalue weighted by atomic mass is 9.99. The van der Waals surface area contributed by atoms with E-state index >= 15 is 0 Å². The molecule has 0 fully saturated rings. The standard InChI is InChI=1S/C20H22N2O2/c1-24-17-9-10-19-18(12-17)15(7-8-16(21)13-23)11-20(22-19)14-5-3-2-4-6-14/h2-6,9-12,16,23H,7-8,13,21H2,1H3. The van der Waals surface area contributed by atoms with Crippen LogP contribution in [0.4, 0.5) is 0 Å². The topological polar surface area (TPSA) is 68.4 Å². The Morgan fingerprint density at radius 1 is 1.12 bits per heavy atom. The normalized spacial score (nSPS) is 12.3. The van der Waals surface area contributed by atoms with Crippen molar-refractivity contribution in [2.24, 2.45) is 5.73 Å². The van der Waals surface area contributed by atoms with Gasteiger partial charge in [-0.3, -0.25) is 0 Å². The summed E-state index contributed by atoms with van der Waals surface area (Å²) in [7, 11) is 1.66. The summed E-state index contributed by atoms with van der Waals surface area (Å²) >= 11 is 0. The van der Waals surface area contributed by atoms with Crippen molar-refractivity contribution in [2.45, 2.75) is 18.9 Å². The Bertz CT molecular complexity index is 818. The molecule has 1 aromatic heterocycles. The van der Waals surface area contributed by atoms with Crippen molar-refractivity contribution >= 4 is 10.9 Å². The molecule has 0 radical (unpaired) electrons. The van der Waals surface area contributed by atoms with E-state index in [1.54, 1.807) is 7.11 Å². The van der Waals surface area contributed by atoms with E-state index in [1.165, 1.54) is 5.56 Å². The van der Waals surface area contributed by atoms with Crippen molar-refractivity contribution in [3.05, 3.63) is 60.2 Å². The fourth-order valence-corrected chi connectivity index (χ4v) is 2.80. The smallest absolute Gasteiger partial charge is 0.119 e. The van der Waals surface area contributed by atoms with Crippen LogP contribution < -0.4 is 10.5 Å². The number of aryl methyl sites for hydroxylation is 1. The Kier molecular flexibility index (Phi) is 5.08. The van der Waals surface area contributed by atoms with Crippen LogP contribution in [-0.2, 0) is 6.42 Å². The number of aromatic nitrogens is 1. The third kappa shape index (κ3) is 3.55. The number of fused-ring (bicyclic) bond motifs is 1. The average Bonchev–Trinajstić information content (AvgIpc) is 2.65. The first kappa shape index (κ1) is 16.4. The highest BCUT2D eigenvalue weighted by Crippen LogP contribution is 2.28. The lowest BCUT2D eigenvalue weighted by Crippen LogP contribution is -2.24. The molecule has 0 bridgehead atoms. The number of ether oxygens (including phenoxy) is 1. The first-order valence-corrected chi connectivity index (χ1v) is 8.11. The molecule has 124 valence electrons. The SMILES string of the molecule is COc1ccc2nc(-c3ccccc3)cc(CCC(N)CO)c2c1. The number of nitrogens with two attached hydrogens (primary N) is 1. The van der Waals surface area contributed by atoms with Gasteiger partial charge in [0.1, 0.15) is 5.75 Å². The van der Waals surface area contributed by atoms with E-state index in [1.807, 2.05) is 36.4 Å². The maximum atomic E-state index is 9.18. The highest BCUT2D eigenvalue weighted by molar-refractivity contribution is 5.86. The summed E-state index contributed by atoms with van der Waals surface area (Å²) in [6.07, 6.45) is 1.51. The highest BCUT2D eigenvalue weighted by Gasteiger charge is 2.10. The molecule has 2 aromatic carbocycles. The van der Waals surface area contributed by atoms with Crippen LogP contribution in [0.15, 0.2) is 54.6 Å². The summed E-state index contributed by atoms with van der Waals surface area (Å²) in [6, 6.07) is 18.0. The van der Waals surface area contributed by atoms with Gasteiger partial charge in [0, 0.05) is 17.0 Å². The zero-order chi connectivity index (χ0) is 16.9. The number of hydrogen-bond donors (Lipinski definition) is 2.